The Hall–Kier alpha value is -1.47. The number of sulfonamides is 1. The van der Waals surface area contributed by atoms with Crippen LogP contribution in [0.25, 0.3) is 0 Å². The average molecular weight is 450 g/mol. The van der Waals surface area contributed by atoms with E-state index in [1.807, 2.05) is 37.3 Å². The zero-order valence-electron chi connectivity index (χ0n) is 14.7. The van der Waals surface area contributed by atoms with Crippen LogP contribution in [0.15, 0.2) is 42.5 Å². The summed E-state index contributed by atoms with van der Waals surface area (Å²) in [5, 5.41) is 3.27. The van der Waals surface area contributed by atoms with Gasteiger partial charge >= 0.3 is 0 Å². The molecule has 0 heterocycles. The molecule has 0 saturated heterocycles. The van der Waals surface area contributed by atoms with Gasteiger partial charge in [-0.3, -0.25) is 9.10 Å². The molecule has 0 bridgehead atoms. The lowest BCUT2D eigenvalue weighted by Gasteiger charge is -2.25. The third-order valence-corrected chi connectivity index (χ3v) is 6.04. The molecule has 0 aromatic heterocycles. The van der Waals surface area contributed by atoms with Crippen molar-refractivity contribution in [3.8, 4) is 0 Å². The highest BCUT2D eigenvalue weighted by molar-refractivity contribution is 7.92. The number of nitrogens with zero attached hydrogens (tertiary/aromatic N) is 1. The Bertz CT molecular complexity index is 921. The van der Waals surface area contributed by atoms with Crippen molar-refractivity contribution in [2.45, 2.75) is 19.4 Å². The molecule has 2 aromatic carbocycles. The number of rotatable bonds is 7. The Balaban J connectivity index is 2.27. The van der Waals surface area contributed by atoms with Crippen LogP contribution in [0, 0.1) is 0 Å². The topological polar surface area (TPSA) is 66.5 Å². The van der Waals surface area contributed by atoms with Crippen molar-refractivity contribution < 1.29 is 13.2 Å². The summed E-state index contributed by atoms with van der Waals surface area (Å²) in [4.78, 5) is 12.6. The second-order valence-corrected chi connectivity index (χ2v) is 9.05. The van der Waals surface area contributed by atoms with Gasteiger partial charge in [-0.05, 0) is 24.1 Å². The van der Waals surface area contributed by atoms with Crippen molar-refractivity contribution in [3.05, 3.63) is 63.1 Å². The van der Waals surface area contributed by atoms with Crippen LogP contribution in [0.1, 0.15) is 24.9 Å². The first-order chi connectivity index (χ1) is 12.6. The van der Waals surface area contributed by atoms with E-state index < -0.39 is 22.5 Å². The SMILES string of the molecule is CCC(NC(=O)CN(c1cc(Cl)c(Cl)cc1Cl)S(C)(=O)=O)c1ccccc1. The van der Waals surface area contributed by atoms with E-state index in [0.717, 1.165) is 16.1 Å². The van der Waals surface area contributed by atoms with Crippen molar-refractivity contribution in [1.29, 1.82) is 0 Å². The molecule has 0 aliphatic heterocycles. The normalized spacial score (nSPS) is 12.5. The number of carbonyl (C=O) groups is 1. The standard InChI is InChI=1S/C18H19Cl3N2O3S/c1-3-16(12-7-5-4-6-8-12)22-18(24)11-23(27(2,25)26)17-10-14(20)13(19)9-15(17)21/h4-10,16H,3,11H2,1-2H3,(H,22,24). The maximum Gasteiger partial charge on any atom is 0.241 e. The lowest BCUT2D eigenvalue weighted by Crippen LogP contribution is -2.41. The maximum atomic E-state index is 12.6. The van der Waals surface area contributed by atoms with Gasteiger partial charge in [0.15, 0.2) is 0 Å². The first-order valence-electron chi connectivity index (χ1n) is 8.10. The fourth-order valence-electron chi connectivity index (χ4n) is 2.56. The second-order valence-electron chi connectivity index (χ2n) is 5.93. The van der Waals surface area contributed by atoms with Crippen molar-refractivity contribution >= 4 is 56.4 Å². The van der Waals surface area contributed by atoms with Crippen LogP contribution in [-0.2, 0) is 14.8 Å². The number of benzene rings is 2. The lowest BCUT2D eigenvalue weighted by molar-refractivity contribution is -0.120. The number of nitrogens with one attached hydrogen (secondary N) is 1. The van der Waals surface area contributed by atoms with Crippen molar-refractivity contribution in [3.63, 3.8) is 0 Å². The highest BCUT2D eigenvalue weighted by Gasteiger charge is 2.25. The van der Waals surface area contributed by atoms with Crippen LogP contribution in [0.5, 0.6) is 0 Å². The monoisotopic (exact) mass is 448 g/mol. The zero-order chi connectivity index (χ0) is 20.2. The molecule has 1 amide bonds. The first kappa shape index (κ1) is 21.8. The molecule has 0 radical (unpaired) electrons. The Morgan fingerprint density at radius 1 is 1.07 bits per heavy atom. The molecule has 0 aliphatic carbocycles. The minimum Gasteiger partial charge on any atom is -0.348 e. The van der Waals surface area contributed by atoms with Crippen molar-refractivity contribution in [2.24, 2.45) is 0 Å². The molecule has 1 N–H and O–H groups in total. The van der Waals surface area contributed by atoms with Crippen molar-refractivity contribution in [2.75, 3.05) is 17.1 Å². The minimum absolute atomic E-state index is 0.0812. The average Bonchev–Trinajstić information content (AvgIpc) is 2.61. The molecule has 0 spiro atoms. The Morgan fingerprint density at radius 3 is 2.22 bits per heavy atom. The molecule has 2 aromatic rings. The number of hydrogen-bond acceptors (Lipinski definition) is 3. The lowest BCUT2D eigenvalue weighted by atomic mass is 10.0. The van der Waals surface area contributed by atoms with Gasteiger partial charge in [0.1, 0.15) is 6.54 Å². The Labute approximate surface area is 174 Å². The van der Waals surface area contributed by atoms with Gasteiger partial charge in [-0.25, -0.2) is 8.42 Å². The first-order valence-corrected chi connectivity index (χ1v) is 11.1. The van der Waals surface area contributed by atoms with Crippen molar-refractivity contribution in [1.82, 2.24) is 5.32 Å². The van der Waals surface area contributed by atoms with Crippen LogP contribution >= 0.6 is 34.8 Å². The third-order valence-electron chi connectivity index (χ3n) is 3.89. The van der Waals surface area contributed by atoms with Gasteiger partial charge in [-0.15, -0.1) is 0 Å². The van der Waals surface area contributed by atoms with Crippen LogP contribution < -0.4 is 9.62 Å². The summed E-state index contributed by atoms with van der Waals surface area (Å²) in [5.74, 6) is -0.460. The number of anilines is 1. The molecular weight excluding hydrogens is 431 g/mol. The van der Waals surface area contributed by atoms with Gasteiger partial charge in [0.05, 0.1) is 33.1 Å². The third kappa shape index (κ3) is 5.75. The van der Waals surface area contributed by atoms with E-state index in [1.165, 1.54) is 12.1 Å². The number of amides is 1. The summed E-state index contributed by atoms with van der Waals surface area (Å²) in [6.07, 6.45) is 1.65. The molecule has 1 atom stereocenters. The van der Waals surface area contributed by atoms with Crippen LogP contribution in [0.4, 0.5) is 5.69 Å². The molecule has 2 rings (SSSR count). The van der Waals surface area contributed by atoms with E-state index in [9.17, 15) is 13.2 Å². The molecule has 0 aliphatic rings. The fraction of sp³-hybridized carbons (Fsp3) is 0.278. The molecule has 1 unspecified atom stereocenters. The predicted molar refractivity (Wildman–Crippen MR) is 111 cm³/mol. The van der Waals surface area contributed by atoms with Crippen LogP contribution in [-0.4, -0.2) is 27.1 Å². The van der Waals surface area contributed by atoms with Gasteiger partial charge in [0.25, 0.3) is 0 Å². The fourth-order valence-corrected chi connectivity index (χ4v) is 4.11. The number of hydrogen-bond donors (Lipinski definition) is 1. The minimum atomic E-state index is -3.79. The van der Waals surface area contributed by atoms with Gasteiger partial charge in [-0.1, -0.05) is 72.1 Å². The highest BCUT2D eigenvalue weighted by Crippen LogP contribution is 2.35. The van der Waals surface area contributed by atoms with Gasteiger partial charge in [-0.2, -0.15) is 0 Å². The number of halogens is 3. The van der Waals surface area contributed by atoms with E-state index in [-0.39, 0.29) is 26.8 Å². The molecule has 9 heteroatoms. The van der Waals surface area contributed by atoms with E-state index in [1.54, 1.807) is 0 Å². The van der Waals surface area contributed by atoms with Crippen LogP contribution in [0.3, 0.4) is 0 Å². The summed E-state index contributed by atoms with van der Waals surface area (Å²) in [7, 11) is -3.79. The summed E-state index contributed by atoms with van der Waals surface area (Å²) < 4.78 is 25.4. The molecule has 146 valence electrons. The van der Waals surface area contributed by atoms with E-state index in [0.29, 0.717) is 6.42 Å². The molecule has 0 fully saturated rings. The molecule has 0 saturated carbocycles. The quantitative estimate of drug-likeness (QED) is 0.624. The second kappa shape index (κ2) is 9.15. The Morgan fingerprint density at radius 2 is 1.67 bits per heavy atom. The maximum absolute atomic E-state index is 12.6. The van der Waals surface area contributed by atoms with Gasteiger partial charge in [0, 0.05) is 0 Å². The highest BCUT2D eigenvalue weighted by atomic mass is 35.5. The van der Waals surface area contributed by atoms with Crippen LogP contribution in [0.2, 0.25) is 15.1 Å². The molecule has 27 heavy (non-hydrogen) atoms. The summed E-state index contributed by atoms with van der Waals surface area (Å²) >= 11 is 18.0. The van der Waals surface area contributed by atoms with Gasteiger partial charge < -0.3 is 5.32 Å². The van der Waals surface area contributed by atoms with E-state index in [2.05, 4.69) is 5.32 Å². The Kier molecular flexibility index (Phi) is 7.40. The van der Waals surface area contributed by atoms with Gasteiger partial charge in [0.2, 0.25) is 15.9 Å². The largest absolute Gasteiger partial charge is 0.348 e. The smallest absolute Gasteiger partial charge is 0.241 e. The number of carbonyl (C=O) groups excluding carboxylic acids is 1. The summed E-state index contributed by atoms with van der Waals surface area (Å²) in [6.45, 7) is 1.50. The van der Waals surface area contributed by atoms with E-state index >= 15 is 0 Å². The summed E-state index contributed by atoms with van der Waals surface area (Å²) in [5.41, 5.74) is 1.03. The zero-order valence-corrected chi connectivity index (χ0v) is 17.8. The molecular formula is C18H19Cl3N2O3S. The molecule has 5 nitrogen and oxygen atoms in total. The van der Waals surface area contributed by atoms with E-state index in [4.69, 9.17) is 34.8 Å². The predicted octanol–water partition coefficient (Wildman–Crippen LogP) is 4.68. The summed E-state index contributed by atoms with van der Waals surface area (Å²) in [6, 6.07) is 11.9.